The number of fused-ring (bicyclic) bond motifs is 4. The van der Waals surface area contributed by atoms with Crippen molar-refractivity contribution in [2.75, 3.05) is 0 Å². The summed E-state index contributed by atoms with van der Waals surface area (Å²) in [5.41, 5.74) is 4.32. The maximum atomic E-state index is 6.54. The number of halogens is 1. The normalized spacial score (nSPS) is 19.8. The van der Waals surface area contributed by atoms with Crippen molar-refractivity contribution in [2.24, 2.45) is 5.10 Å². The first-order chi connectivity index (χ1) is 14.8. The first-order valence-corrected chi connectivity index (χ1v) is 10.5. The van der Waals surface area contributed by atoms with Crippen LogP contribution in [0.1, 0.15) is 35.4 Å². The van der Waals surface area contributed by atoms with Crippen LogP contribution in [0.4, 0.5) is 0 Å². The molecule has 0 radical (unpaired) electrons. The Bertz CT molecular complexity index is 1300. The molecule has 0 saturated carbocycles. The largest absolute Gasteiger partial charge is 0.464 e. The predicted octanol–water partition coefficient (Wildman–Crippen LogP) is 6.74. The third kappa shape index (κ3) is 2.78. The van der Waals surface area contributed by atoms with Crippen molar-refractivity contribution in [3.8, 4) is 5.75 Å². The van der Waals surface area contributed by atoms with Crippen molar-refractivity contribution < 1.29 is 4.74 Å². The summed E-state index contributed by atoms with van der Waals surface area (Å²) in [5.74, 6) is 0.902. The fourth-order valence-electron chi connectivity index (χ4n) is 4.46. The van der Waals surface area contributed by atoms with Gasteiger partial charge in [0.15, 0.2) is 0 Å². The summed E-state index contributed by atoms with van der Waals surface area (Å²) in [6, 6.07) is 31.2. The molecule has 0 unspecified atom stereocenters. The van der Waals surface area contributed by atoms with Crippen molar-refractivity contribution in [2.45, 2.75) is 18.7 Å². The second-order valence-corrected chi connectivity index (χ2v) is 8.15. The molecule has 0 spiro atoms. The molecule has 0 aromatic heterocycles. The molecular formula is C26H19ClN2O. The molecule has 30 heavy (non-hydrogen) atoms. The molecule has 0 N–H and O–H groups in total. The van der Waals surface area contributed by atoms with Gasteiger partial charge in [-0.05, 0) is 34.5 Å². The molecule has 0 aliphatic carbocycles. The van der Waals surface area contributed by atoms with Crippen LogP contribution in [-0.2, 0) is 0 Å². The smallest absolute Gasteiger partial charge is 0.215 e. The Morgan fingerprint density at radius 2 is 1.53 bits per heavy atom. The van der Waals surface area contributed by atoms with Gasteiger partial charge >= 0.3 is 0 Å². The lowest BCUT2D eigenvalue weighted by Gasteiger charge is -2.38. The van der Waals surface area contributed by atoms with Crippen LogP contribution in [0.15, 0.2) is 96.1 Å². The SMILES string of the molecule is Clc1ccccc1[C@@H]1Oc2ccccc2[C@@H]2CC(c3ccc4ccccc4c3)=NN21. The van der Waals surface area contributed by atoms with Crippen molar-refractivity contribution in [1.82, 2.24) is 5.01 Å². The van der Waals surface area contributed by atoms with Gasteiger partial charge in [-0.3, -0.25) is 0 Å². The summed E-state index contributed by atoms with van der Waals surface area (Å²) in [5, 5.41) is 10.3. The average Bonchev–Trinajstić information content (AvgIpc) is 3.24. The molecule has 2 heterocycles. The number of rotatable bonds is 2. The minimum Gasteiger partial charge on any atom is -0.464 e. The van der Waals surface area contributed by atoms with Gasteiger partial charge in [0.2, 0.25) is 6.23 Å². The third-order valence-corrected chi connectivity index (χ3v) is 6.30. The van der Waals surface area contributed by atoms with Crippen LogP contribution in [0.3, 0.4) is 0 Å². The van der Waals surface area contributed by atoms with E-state index in [4.69, 9.17) is 21.4 Å². The molecule has 0 bridgehead atoms. The molecule has 0 fully saturated rings. The van der Waals surface area contributed by atoms with E-state index in [2.05, 4.69) is 59.6 Å². The van der Waals surface area contributed by atoms with Crippen LogP contribution >= 0.6 is 11.6 Å². The van der Waals surface area contributed by atoms with Gasteiger partial charge in [-0.15, -0.1) is 0 Å². The molecule has 0 saturated heterocycles. The van der Waals surface area contributed by atoms with Crippen LogP contribution in [0.5, 0.6) is 5.75 Å². The lowest BCUT2D eigenvalue weighted by Crippen LogP contribution is -2.33. The molecule has 4 heteroatoms. The van der Waals surface area contributed by atoms with Crippen molar-refractivity contribution in [1.29, 1.82) is 0 Å². The van der Waals surface area contributed by atoms with Gasteiger partial charge in [0, 0.05) is 22.6 Å². The van der Waals surface area contributed by atoms with Gasteiger partial charge in [-0.1, -0.05) is 84.4 Å². The highest BCUT2D eigenvalue weighted by Gasteiger charge is 2.41. The highest BCUT2D eigenvalue weighted by molar-refractivity contribution is 6.31. The molecule has 2 atom stereocenters. The molecule has 2 aliphatic rings. The number of hydrogen-bond donors (Lipinski definition) is 0. The second-order valence-electron chi connectivity index (χ2n) is 7.74. The standard InChI is InChI=1S/C26H19ClN2O/c27-22-11-5-3-9-20(22)26-29-24(21-10-4-6-12-25(21)30-26)16-23(28-29)19-14-13-17-7-1-2-8-18(17)15-19/h1-15,24,26H,16H2/t24-,26-/m0/s1. The number of para-hydroxylation sites is 1. The van der Waals surface area contributed by atoms with Crippen LogP contribution in [-0.4, -0.2) is 10.7 Å². The van der Waals surface area contributed by atoms with Gasteiger partial charge in [-0.2, -0.15) is 5.10 Å². The number of hydrazone groups is 1. The summed E-state index contributed by atoms with van der Waals surface area (Å²) >= 11 is 6.54. The van der Waals surface area contributed by atoms with Crippen LogP contribution in [0.25, 0.3) is 10.8 Å². The molecular weight excluding hydrogens is 392 g/mol. The lowest BCUT2D eigenvalue weighted by molar-refractivity contribution is -0.0189. The van der Waals surface area contributed by atoms with Crippen molar-refractivity contribution in [3.63, 3.8) is 0 Å². The van der Waals surface area contributed by atoms with E-state index < -0.39 is 0 Å². The van der Waals surface area contributed by atoms with Crippen molar-refractivity contribution >= 4 is 28.1 Å². The topological polar surface area (TPSA) is 24.8 Å². The summed E-state index contributed by atoms with van der Waals surface area (Å²) in [6.45, 7) is 0. The van der Waals surface area contributed by atoms with E-state index in [1.807, 2.05) is 36.4 Å². The summed E-state index contributed by atoms with van der Waals surface area (Å²) in [4.78, 5) is 0. The molecule has 0 amide bonds. The number of hydrogen-bond acceptors (Lipinski definition) is 3. The maximum Gasteiger partial charge on any atom is 0.215 e. The molecule has 4 aromatic carbocycles. The Labute approximate surface area is 180 Å². The predicted molar refractivity (Wildman–Crippen MR) is 121 cm³/mol. The second kappa shape index (κ2) is 6.89. The quantitative estimate of drug-likeness (QED) is 0.365. The van der Waals surface area contributed by atoms with Crippen LogP contribution in [0, 0.1) is 0 Å². The zero-order valence-corrected chi connectivity index (χ0v) is 17.0. The van der Waals surface area contributed by atoms with Crippen LogP contribution in [0.2, 0.25) is 5.02 Å². The zero-order valence-electron chi connectivity index (χ0n) is 16.2. The highest BCUT2D eigenvalue weighted by atomic mass is 35.5. The first kappa shape index (κ1) is 17.5. The zero-order chi connectivity index (χ0) is 20.1. The Balaban J connectivity index is 1.47. The number of ether oxygens (including phenoxy) is 1. The lowest BCUT2D eigenvalue weighted by atomic mass is 9.95. The first-order valence-electron chi connectivity index (χ1n) is 10.1. The molecule has 4 aromatic rings. The Morgan fingerprint density at radius 1 is 0.800 bits per heavy atom. The van der Waals surface area contributed by atoms with E-state index in [1.54, 1.807) is 0 Å². The van der Waals surface area contributed by atoms with E-state index in [0.29, 0.717) is 5.02 Å². The van der Waals surface area contributed by atoms with Gasteiger partial charge in [-0.25, -0.2) is 5.01 Å². The summed E-state index contributed by atoms with van der Waals surface area (Å²) < 4.78 is 6.40. The molecule has 3 nitrogen and oxygen atoms in total. The van der Waals surface area contributed by atoms with Crippen LogP contribution < -0.4 is 4.74 Å². The Kier molecular flexibility index (Phi) is 4.03. The Morgan fingerprint density at radius 3 is 2.40 bits per heavy atom. The maximum absolute atomic E-state index is 6.54. The van der Waals surface area contributed by atoms with E-state index in [1.165, 1.54) is 16.3 Å². The average molecular weight is 411 g/mol. The monoisotopic (exact) mass is 410 g/mol. The van der Waals surface area contributed by atoms with E-state index in [9.17, 15) is 0 Å². The molecule has 6 rings (SSSR count). The highest BCUT2D eigenvalue weighted by Crippen LogP contribution is 2.48. The van der Waals surface area contributed by atoms with E-state index in [-0.39, 0.29) is 12.3 Å². The summed E-state index contributed by atoms with van der Waals surface area (Å²) in [6.07, 6.45) is 0.483. The van der Waals surface area contributed by atoms with Crippen molar-refractivity contribution in [3.05, 3.63) is 113 Å². The van der Waals surface area contributed by atoms with Gasteiger partial charge in [0.25, 0.3) is 0 Å². The summed E-state index contributed by atoms with van der Waals surface area (Å²) in [7, 11) is 0. The van der Waals surface area contributed by atoms with Gasteiger partial charge < -0.3 is 4.74 Å². The Hall–Kier alpha value is -3.30. The molecule has 2 aliphatic heterocycles. The fourth-order valence-corrected chi connectivity index (χ4v) is 4.69. The number of nitrogens with zero attached hydrogens (tertiary/aromatic N) is 2. The molecule has 146 valence electrons. The van der Waals surface area contributed by atoms with Gasteiger partial charge in [0.05, 0.1) is 11.8 Å². The van der Waals surface area contributed by atoms with Gasteiger partial charge in [0.1, 0.15) is 5.75 Å². The third-order valence-electron chi connectivity index (χ3n) is 5.95. The van der Waals surface area contributed by atoms with E-state index in [0.717, 1.165) is 29.0 Å². The number of benzene rings is 4. The fraction of sp³-hybridized carbons (Fsp3) is 0.115. The minimum atomic E-state index is -0.350. The van der Waals surface area contributed by atoms with E-state index >= 15 is 0 Å². The minimum absolute atomic E-state index is 0.123.